The summed E-state index contributed by atoms with van der Waals surface area (Å²) < 4.78 is 5.58. The molecule has 4 nitrogen and oxygen atoms in total. The molecule has 2 atom stereocenters. The van der Waals surface area contributed by atoms with Crippen LogP contribution < -0.4 is 4.74 Å². The molecule has 1 aliphatic heterocycles. The molecule has 4 heteroatoms. The van der Waals surface area contributed by atoms with E-state index >= 15 is 0 Å². The number of nitrogens with zero attached hydrogens (tertiary/aromatic N) is 2. The molecule has 0 radical (unpaired) electrons. The first kappa shape index (κ1) is 18.1. The number of ether oxygens (including phenoxy) is 1. The Morgan fingerprint density at radius 2 is 1.74 bits per heavy atom. The van der Waals surface area contributed by atoms with Gasteiger partial charge in [-0.05, 0) is 37.4 Å². The predicted octanol–water partition coefficient (Wildman–Crippen LogP) is 3.70. The zero-order chi connectivity index (χ0) is 18.8. The van der Waals surface area contributed by atoms with Crippen LogP contribution in [0.5, 0.6) is 5.75 Å². The number of hydrogen-bond donors (Lipinski definition) is 0. The van der Waals surface area contributed by atoms with Crippen molar-refractivity contribution in [2.24, 2.45) is 5.92 Å². The molecule has 4 rings (SSSR count). The maximum atomic E-state index is 13.5. The fourth-order valence-corrected chi connectivity index (χ4v) is 4.25. The number of hydrogen-bond acceptors (Lipinski definition) is 3. The predicted molar refractivity (Wildman–Crippen MR) is 107 cm³/mol. The maximum absolute atomic E-state index is 13.5. The lowest BCUT2D eigenvalue weighted by atomic mass is 9.91. The quantitative estimate of drug-likeness (QED) is 0.811. The van der Waals surface area contributed by atoms with Crippen molar-refractivity contribution in [2.45, 2.75) is 24.8 Å². The number of methoxy groups -OCH3 is 1. The van der Waals surface area contributed by atoms with Gasteiger partial charge in [-0.2, -0.15) is 0 Å². The van der Waals surface area contributed by atoms with Crippen molar-refractivity contribution in [1.82, 2.24) is 9.80 Å². The number of likely N-dealkylation sites (N-methyl/N-ethyl adjacent to an activating group) is 1. The lowest BCUT2D eigenvalue weighted by molar-refractivity contribution is -0.136. The van der Waals surface area contributed by atoms with Crippen LogP contribution in [0.2, 0.25) is 0 Å². The summed E-state index contributed by atoms with van der Waals surface area (Å²) in [6, 6.07) is 18.6. The highest BCUT2D eigenvalue weighted by molar-refractivity contribution is 5.84. The molecule has 142 valence electrons. The molecule has 2 unspecified atom stereocenters. The third kappa shape index (κ3) is 3.72. The largest absolute Gasteiger partial charge is 0.496 e. The zero-order valence-electron chi connectivity index (χ0n) is 16.2. The Kier molecular flexibility index (Phi) is 5.17. The molecule has 0 bridgehead atoms. The average Bonchev–Trinajstić information content (AvgIpc) is 3.54. The summed E-state index contributed by atoms with van der Waals surface area (Å²) in [7, 11) is 3.84. The average molecular weight is 364 g/mol. The molecule has 1 saturated heterocycles. The number of carbonyl (C=O) groups is 1. The lowest BCUT2D eigenvalue weighted by Gasteiger charge is -2.41. The van der Waals surface area contributed by atoms with Gasteiger partial charge in [0.15, 0.2) is 0 Å². The third-order valence-corrected chi connectivity index (χ3v) is 5.98. The van der Waals surface area contributed by atoms with Crippen molar-refractivity contribution in [2.75, 3.05) is 33.8 Å². The summed E-state index contributed by atoms with van der Waals surface area (Å²) in [5.41, 5.74) is 2.32. The Labute approximate surface area is 161 Å². The van der Waals surface area contributed by atoms with Gasteiger partial charge in [0, 0.05) is 25.2 Å². The normalized spacial score (nSPS) is 21.7. The second kappa shape index (κ2) is 7.73. The SMILES string of the molecule is COc1ccccc1C1CN(C(=O)C(c2ccccc2)C2CC2)CCN1C. The minimum Gasteiger partial charge on any atom is -0.496 e. The zero-order valence-corrected chi connectivity index (χ0v) is 16.2. The van der Waals surface area contributed by atoms with Gasteiger partial charge in [-0.3, -0.25) is 9.69 Å². The van der Waals surface area contributed by atoms with Crippen LogP contribution in [0.25, 0.3) is 0 Å². The molecule has 0 spiro atoms. The Balaban J connectivity index is 1.57. The van der Waals surface area contributed by atoms with E-state index in [9.17, 15) is 4.79 Å². The standard InChI is InChI=1S/C23H28N2O2/c1-24-14-15-25(16-20(24)19-10-6-7-11-21(19)27-2)23(26)22(18-12-13-18)17-8-4-3-5-9-17/h3-11,18,20,22H,12-16H2,1-2H3. The smallest absolute Gasteiger partial charge is 0.230 e. The number of carbonyl (C=O) groups excluding carboxylic acids is 1. The molecule has 2 fully saturated rings. The van der Waals surface area contributed by atoms with Gasteiger partial charge < -0.3 is 9.64 Å². The van der Waals surface area contributed by atoms with Gasteiger partial charge in [-0.25, -0.2) is 0 Å². The molecule has 2 aromatic rings. The molecule has 2 aliphatic rings. The van der Waals surface area contributed by atoms with Crippen LogP contribution >= 0.6 is 0 Å². The summed E-state index contributed by atoms with van der Waals surface area (Å²) in [5, 5.41) is 0. The van der Waals surface area contributed by atoms with Crippen molar-refractivity contribution in [3.05, 3.63) is 65.7 Å². The third-order valence-electron chi connectivity index (χ3n) is 5.98. The molecule has 1 saturated carbocycles. The minimum atomic E-state index is 0.00734. The van der Waals surface area contributed by atoms with E-state index in [1.54, 1.807) is 7.11 Å². The molecule has 2 aromatic carbocycles. The number of para-hydroxylation sites is 1. The molecule has 1 amide bonds. The Bertz CT molecular complexity index is 788. The molecular formula is C23H28N2O2. The number of benzene rings is 2. The monoisotopic (exact) mass is 364 g/mol. The van der Waals surface area contributed by atoms with Gasteiger partial charge in [0.25, 0.3) is 0 Å². The van der Waals surface area contributed by atoms with Crippen molar-refractivity contribution in [3.8, 4) is 5.75 Å². The summed E-state index contributed by atoms with van der Waals surface area (Å²) in [5.74, 6) is 1.69. The summed E-state index contributed by atoms with van der Waals surface area (Å²) >= 11 is 0. The van der Waals surface area contributed by atoms with Crippen LogP contribution in [0.15, 0.2) is 54.6 Å². The minimum absolute atomic E-state index is 0.00734. The first-order valence-corrected chi connectivity index (χ1v) is 9.86. The van der Waals surface area contributed by atoms with E-state index in [-0.39, 0.29) is 17.9 Å². The molecule has 1 aliphatic carbocycles. The van der Waals surface area contributed by atoms with E-state index in [1.807, 2.05) is 36.4 Å². The highest BCUT2D eigenvalue weighted by Crippen LogP contribution is 2.44. The van der Waals surface area contributed by atoms with E-state index in [4.69, 9.17) is 4.74 Å². The van der Waals surface area contributed by atoms with Gasteiger partial charge in [0.1, 0.15) is 5.75 Å². The van der Waals surface area contributed by atoms with Crippen molar-refractivity contribution < 1.29 is 9.53 Å². The van der Waals surface area contributed by atoms with Crippen LogP contribution in [0.3, 0.4) is 0 Å². The molecular weight excluding hydrogens is 336 g/mol. The lowest BCUT2D eigenvalue weighted by Crippen LogP contribution is -2.50. The Hall–Kier alpha value is -2.33. The van der Waals surface area contributed by atoms with E-state index in [0.717, 1.165) is 42.8 Å². The van der Waals surface area contributed by atoms with Crippen LogP contribution in [0.1, 0.15) is 35.9 Å². The first-order valence-electron chi connectivity index (χ1n) is 9.86. The summed E-state index contributed by atoms with van der Waals surface area (Å²) in [6.07, 6.45) is 2.32. The number of amides is 1. The van der Waals surface area contributed by atoms with Crippen LogP contribution in [-0.4, -0.2) is 49.5 Å². The van der Waals surface area contributed by atoms with Gasteiger partial charge in [0.05, 0.1) is 19.1 Å². The van der Waals surface area contributed by atoms with Crippen molar-refractivity contribution in [1.29, 1.82) is 0 Å². The van der Waals surface area contributed by atoms with Crippen LogP contribution in [0, 0.1) is 5.92 Å². The Morgan fingerprint density at radius 3 is 2.44 bits per heavy atom. The molecule has 0 N–H and O–H groups in total. The van der Waals surface area contributed by atoms with E-state index in [2.05, 4.69) is 35.0 Å². The molecule has 1 heterocycles. The highest BCUT2D eigenvalue weighted by atomic mass is 16.5. The maximum Gasteiger partial charge on any atom is 0.230 e. The van der Waals surface area contributed by atoms with Gasteiger partial charge >= 0.3 is 0 Å². The van der Waals surface area contributed by atoms with Gasteiger partial charge in [0.2, 0.25) is 5.91 Å². The molecule has 27 heavy (non-hydrogen) atoms. The fourth-order valence-electron chi connectivity index (χ4n) is 4.25. The summed E-state index contributed by atoms with van der Waals surface area (Å²) in [6.45, 7) is 2.38. The number of rotatable bonds is 5. The van der Waals surface area contributed by atoms with E-state index in [1.165, 1.54) is 0 Å². The van der Waals surface area contributed by atoms with Crippen molar-refractivity contribution in [3.63, 3.8) is 0 Å². The Morgan fingerprint density at radius 1 is 1.04 bits per heavy atom. The second-order valence-electron chi connectivity index (χ2n) is 7.75. The molecule has 0 aromatic heterocycles. The van der Waals surface area contributed by atoms with Crippen molar-refractivity contribution >= 4 is 5.91 Å². The van der Waals surface area contributed by atoms with Crippen LogP contribution in [-0.2, 0) is 4.79 Å². The van der Waals surface area contributed by atoms with E-state index < -0.39 is 0 Å². The first-order chi connectivity index (χ1) is 13.2. The van der Waals surface area contributed by atoms with Gasteiger partial charge in [-0.1, -0.05) is 48.5 Å². The highest BCUT2D eigenvalue weighted by Gasteiger charge is 2.41. The van der Waals surface area contributed by atoms with E-state index in [0.29, 0.717) is 12.5 Å². The van der Waals surface area contributed by atoms with Crippen LogP contribution in [0.4, 0.5) is 0 Å². The number of piperazine rings is 1. The topological polar surface area (TPSA) is 32.8 Å². The second-order valence-corrected chi connectivity index (χ2v) is 7.75. The summed E-state index contributed by atoms with van der Waals surface area (Å²) in [4.78, 5) is 17.9. The fraction of sp³-hybridized carbons (Fsp3) is 0.435. The van der Waals surface area contributed by atoms with Gasteiger partial charge in [-0.15, -0.1) is 0 Å².